The van der Waals surface area contributed by atoms with Gasteiger partial charge >= 0.3 is 0 Å². The van der Waals surface area contributed by atoms with Crippen molar-refractivity contribution in [3.63, 3.8) is 0 Å². The Bertz CT molecular complexity index is 1000. The highest BCUT2D eigenvalue weighted by Gasteiger charge is 2.29. The summed E-state index contributed by atoms with van der Waals surface area (Å²) in [7, 11) is 0. The summed E-state index contributed by atoms with van der Waals surface area (Å²) in [6.07, 6.45) is 3.32. The van der Waals surface area contributed by atoms with E-state index in [0.717, 1.165) is 30.6 Å². The number of benzene rings is 2. The van der Waals surface area contributed by atoms with Crippen molar-refractivity contribution in [1.82, 2.24) is 0 Å². The van der Waals surface area contributed by atoms with E-state index in [1.165, 1.54) is 12.1 Å². The number of carbonyl (C=O) groups is 2. The molecule has 2 aromatic rings. The van der Waals surface area contributed by atoms with Gasteiger partial charge in [0.1, 0.15) is 11.7 Å². The first-order valence-corrected chi connectivity index (χ1v) is 9.72. The number of halogens is 1. The van der Waals surface area contributed by atoms with Crippen LogP contribution in [0.25, 0.3) is 0 Å². The molecule has 6 nitrogen and oxygen atoms in total. The number of rotatable bonds is 4. The monoisotopic (exact) mass is 394 g/mol. The first-order valence-electron chi connectivity index (χ1n) is 9.72. The lowest BCUT2D eigenvalue weighted by Crippen LogP contribution is -2.41. The largest absolute Gasteiger partial charge is 0.371 e. The quantitative estimate of drug-likeness (QED) is 0.780. The third kappa shape index (κ3) is 3.85. The standard InChI is InChI=1S/C22H23FN4O2/c1-13-9-16(5-7-20(13)27-8-2-3-14(12-27)21(24)28)25-11-18-17-10-15(23)4-6-19(17)26-22(18)29/h4-7,9-11,14,18H,2-3,8,12H2,1H3,(H2,24,28)(H,26,29). The molecule has 0 saturated carbocycles. The molecule has 2 unspecified atom stereocenters. The number of nitrogens with zero attached hydrogens (tertiary/aromatic N) is 2. The Balaban J connectivity index is 1.53. The summed E-state index contributed by atoms with van der Waals surface area (Å²) in [5.74, 6) is -1.58. The van der Waals surface area contributed by atoms with Crippen LogP contribution in [0.15, 0.2) is 41.4 Å². The molecule has 4 rings (SSSR count). The Kier molecular flexibility index (Phi) is 5.05. The molecule has 150 valence electrons. The SMILES string of the molecule is Cc1cc(N=CC2C(=O)Nc3ccc(F)cc32)ccc1N1CCCC(C(N)=O)C1. The number of piperidine rings is 1. The molecule has 2 heterocycles. The maximum Gasteiger partial charge on any atom is 0.237 e. The summed E-state index contributed by atoms with van der Waals surface area (Å²) in [4.78, 5) is 30.4. The number of fused-ring (bicyclic) bond motifs is 1. The fraction of sp³-hybridized carbons (Fsp3) is 0.318. The van der Waals surface area contributed by atoms with Gasteiger partial charge in [-0.3, -0.25) is 14.6 Å². The molecule has 0 radical (unpaired) electrons. The molecule has 3 N–H and O–H groups in total. The van der Waals surface area contributed by atoms with Crippen molar-refractivity contribution in [2.24, 2.45) is 16.6 Å². The first kappa shape index (κ1) is 19.1. The van der Waals surface area contributed by atoms with Crippen LogP contribution in [-0.4, -0.2) is 31.1 Å². The highest BCUT2D eigenvalue weighted by Crippen LogP contribution is 2.33. The smallest absolute Gasteiger partial charge is 0.237 e. The second kappa shape index (κ2) is 7.66. The van der Waals surface area contributed by atoms with E-state index in [4.69, 9.17) is 5.73 Å². The van der Waals surface area contributed by atoms with Crippen LogP contribution in [0, 0.1) is 18.7 Å². The average Bonchev–Trinajstić information content (AvgIpc) is 3.01. The van der Waals surface area contributed by atoms with Gasteiger partial charge < -0.3 is 16.0 Å². The number of primary amides is 1. The van der Waals surface area contributed by atoms with Crippen molar-refractivity contribution in [3.05, 3.63) is 53.3 Å². The highest BCUT2D eigenvalue weighted by atomic mass is 19.1. The van der Waals surface area contributed by atoms with Crippen LogP contribution < -0.4 is 16.0 Å². The zero-order valence-electron chi connectivity index (χ0n) is 16.2. The van der Waals surface area contributed by atoms with E-state index in [0.29, 0.717) is 23.5 Å². The fourth-order valence-electron chi connectivity index (χ4n) is 4.07. The molecule has 2 aliphatic heterocycles. The molecule has 2 aromatic carbocycles. The summed E-state index contributed by atoms with van der Waals surface area (Å²) in [6.45, 7) is 3.51. The van der Waals surface area contributed by atoms with Crippen LogP contribution in [0.2, 0.25) is 0 Å². The normalized spacial score (nSPS) is 21.3. The predicted octanol–water partition coefficient (Wildman–Crippen LogP) is 3.27. The van der Waals surface area contributed by atoms with Crippen molar-refractivity contribution in [1.29, 1.82) is 0 Å². The minimum Gasteiger partial charge on any atom is -0.371 e. The molecule has 0 spiro atoms. The summed E-state index contributed by atoms with van der Waals surface area (Å²) in [5, 5.41) is 2.75. The number of hydrogen-bond acceptors (Lipinski definition) is 4. The Morgan fingerprint density at radius 3 is 2.90 bits per heavy atom. The van der Waals surface area contributed by atoms with E-state index < -0.39 is 5.92 Å². The molecule has 7 heteroatoms. The van der Waals surface area contributed by atoms with Crippen LogP contribution >= 0.6 is 0 Å². The predicted molar refractivity (Wildman–Crippen MR) is 111 cm³/mol. The molecule has 2 atom stereocenters. The zero-order chi connectivity index (χ0) is 20.5. The number of aryl methyl sites for hydroxylation is 1. The maximum absolute atomic E-state index is 13.6. The van der Waals surface area contributed by atoms with E-state index in [9.17, 15) is 14.0 Å². The van der Waals surface area contributed by atoms with Crippen LogP contribution in [0.5, 0.6) is 0 Å². The molecule has 0 aromatic heterocycles. The molecule has 2 aliphatic rings. The molecular weight excluding hydrogens is 371 g/mol. The first-order chi connectivity index (χ1) is 13.9. The zero-order valence-corrected chi connectivity index (χ0v) is 16.2. The van der Waals surface area contributed by atoms with Crippen LogP contribution in [0.1, 0.15) is 29.9 Å². The van der Waals surface area contributed by atoms with Gasteiger partial charge in [0.05, 0.1) is 11.6 Å². The van der Waals surface area contributed by atoms with Gasteiger partial charge in [0.2, 0.25) is 11.8 Å². The number of amides is 2. The van der Waals surface area contributed by atoms with Crippen molar-refractivity contribution < 1.29 is 14.0 Å². The van der Waals surface area contributed by atoms with Crippen LogP contribution in [0.4, 0.5) is 21.5 Å². The minimum atomic E-state index is -0.612. The van der Waals surface area contributed by atoms with Crippen molar-refractivity contribution in [3.8, 4) is 0 Å². The fourth-order valence-corrected chi connectivity index (χ4v) is 4.07. The lowest BCUT2D eigenvalue weighted by molar-refractivity contribution is -0.122. The van der Waals surface area contributed by atoms with Crippen molar-refractivity contribution in [2.45, 2.75) is 25.7 Å². The molecule has 0 aliphatic carbocycles. The number of aliphatic imine (C=N–C) groups is 1. The van der Waals surface area contributed by atoms with E-state index in [1.807, 2.05) is 25.1 Å². The number of hydrogen-bond donors (Lipinski definition) is 2. The lowest BCUT2D eigenvalue weighted by Gasteiger charge is -2.34. The topological polar surface area (TPSA) is 87.8 Å². The van der Waals surface area contributed by atoms with E-state index in [-0.39, 0.29) is 23.5 Å². The second-order valence-electron chi connectivity index (χ2n) is 7.63. The lowest BCUT2D eigenvalue weighted by atomic mass is 9.96. The van der Waals surface area contributed by atoms with Gasteiger partial charge in [-0.25, -0.2) is 4.39 Å². The number of nitrogens with one attached hydrogen (secondary N) is 1. The number of anilines is 2. The Hall–Kier alpha value is -3.22. The summed E-state index contributed by atoms with van der Waals surface area (Å²) in [5.41, 5.74) is 9.50. The summed E-state index contributed by atoms with van der Waals surface area (Å²) >= 11 is 0. The Morgan fingerprint density at radius 1 is 1.31 bits per heavy atom. The van der Waals surface area contributed by atoms with Gasteiger partial charge in [-0.05, 0) is 67.3 Å². The number of carbonyl (C=O) groups excluding carboxylic acids is 2. The Morgan fingerprint density at radius 2 is 2.14 bits per heavy atom. The van der Waals surface area contributed by atoms with Crippen LogP contribution in [-0.2, 0) is 9.59 Å². The highest BCUT2D eigenvalue weighted by molar-refractivity contribution is 6.12. The second-order valence-corrected chi connectivity index (χ2v) is 7.63. The third-order valence-corrected chi connectivity index (χ3v) is 5.61. The number of nitrogens with two attached hydrogens (primary N) is 1. The van der Waals surface area contributed by atoms with E-state index in [2.05, 4.69) is 15.2 Å². The molecular formula is C22H23FN4O2. The molecule has 0 bridgehead atoms. The van der Waals surface area contributed by atoms with E-state index >= 15 is 0 Å². The molecule has 1 saturated heterocycles. The molecule has 1 fully saturated rings. The summed E-state index contributed by atoms with van der Waals surface area (Å²) < 4.78 is 13.6. The minimum absolute atomic E-state index is 0.123. The average molecular weight is 394 g/mol. The summed E-state index contributed by atoms with van der Waals surface area (Å²) in [6, 6.07) is 10.1. The van der Waals surface area contributed by atoms with Crippen LogP contribution in [0.3, 0.4) is 0 Å². The molecule has 2 amide bonds. The molecule has 29 heavy (non-hydrogen) atoms. The third-order valence-electron chi connectivity index (χ3n) is 5.61. The van der Waals surface area contributed by atoms with Gasteiger partial charge in [0.15, 0.2) is 0 Å². The van der Waals surface area contributed by atoms with Crippen molar-refractivity contribution >= 4 is 35.1 Å². The van der Waals surface area contributed by atoms with Gasteiger partial charge in [-0.15, -0.1) is 0 Å². The Labute approximate surface area is 168 Å². The van der Waals surface area contributed by atoms with E-state index in [1.54, 1.807) is 12.3 Å². The van der Waals surface area contributed by atoms with Crippen molar-refractivity contribution in [2.75, 3.05) is 23.3 Å². The van der Waals surface area contributed by atoms with Gasteiger partial charge in [-0.2, -0.15) is 0 Å². The van der Waals surface area contributed by atoms with Gasteiger partial charge in [0, 0.05) is 30.7 Å². The van der Waals surface area contributed by atoms with Gasteiger partial charge in [0.25, 0.3) is 0 Å². The maximum atomic E-state index is 13.6. The van der Waals surface area contributed by atoms with Gasteiger partial charge in [-0.1, -0.05) is 0 Å².